The van der Waals surface area contributed by atoms with Crippen LogP contribution in [0.15, 0.2) is 17.1 Å². The second-order valence-corrected chi connectivity index (χ2v) is 4.62. The monoisotopic (exact) mass is 344 g/mol. The van der Waals surface area contributed by atoms with Crippen molar-refractivity contribution in [3.8, 4) is 11.9 Å². The van der Waals surface area contributed by atoms with Gasteiger partial charge in [0, 0.05) is 7.05 Å². The van der Waals surface area contributed by atoms with Gasteiger partial charge in [0.25, 0.3) is 0 Å². The lowest BCUT2D eigenvalue weighted by Gasteiger charge is -2.11. The SMILES string of the molecule is Cn1ccc2n1c(=O)c(I)c([O-])[n+]2CCC#N. The zero-order valence-corrected chi connectivity index (χ0v) is 11.2. The summed E-state index contributed by atoms with van der Waals surface area (Å²) in [5.41, 5.74) is 0.185. The molecule has 2 aromatic heterocycles. The van der Waals surface area contributed by atoms with Gasteiger partial charge in [-0.2, -0.15) is 5.26 Å². The number of aromatic nitrogens is 3. The highest BCUT2D eigenvalue weighted by Crippen LogP contribution is 2.09. The van der Waals surface area contributed by atoms with E-state index in [0.29, 0.717) is 12.2 Å². The van der Waals surface area contributed by atoms with Crippen LogP contribution in [0.25, 0.3) is 5.65 Å². The highest BCUT2D eigenvalue weighted by molar-refractivity contribution is 14.1. The number of nitrogens with zero attached hydrogens (tertiary/aromatic N) is 4. The fourth-order valence-electron chi connectivity index (χ4n) is 1.71. The Kier molecular flexibility index (Phi) is 3.06. The van der Waals surface area contributed by atoms with Crippen molar-refractivity contribution in [1.82, 2.24) is 9.20 Å². The molecular weight excluding hydrogens is 335 g/mol. The van der Waals surface area contributed by atoms with Gasteiger partial charge in [-0.05, 0) is 22.6 Å². The van der Waals surface area contributed by atoms with Gasteiger partial charge in [0.15, 0.2) is 0 Å². The topological polar surface area (TPSA) is 77.1 Å². The van der Waals surface area contributed by atoms with Crippen LogP contribution in [0, 0.1) is 14.9 Å². The maximum atomic E-state index is 11.9. The molecule has 0 spiro atoms. The Labute approximate surface area is 110 Å². The standard InChI is InChI=1S/C10H9IN4O2/c1-13-6-3-7-14(5-2-4-12)9(16)8(11)10(17)15(7)13/h3,6H,2,5H2,1H3. The van der Waals surface area contributed by atoms with E-state index in [4.69, 9.17) is 5.26 Å². The fourth-order valence-corrected chi connectivity index (χ4v) is 2.23. The molecule has 0 fully saturated rings. The van der Waals surface area contributed by atoms with E-state index in [1.54, 1.807) is 46.6 Å². The predicted molar refractivity (Wildman–Crippen MR) is 65.2 cm³/mol. The number of nitriles is 1. The first-order chi connectivity index (χ1) is 8.07. The lowest BCUT2D eigenvalue weighted by atomic mass is 10.4. The molecule has 0 aliphatic carbocycles. The van der Waals surface area contributed by atoms with Gasteiger partial charge >= 0.3 is 11.2 Å². The van der Waals surface area contributed by atoms with Crippen molar-refractivity contribution in [3.63, 3.8) is 0 Å². The molecule has 0 aliphatic heterocycles. The van der Waals surface area contributed by atoms with Gasteiger partial charge < -0.3 is 5.11 Å². The van der Waals surface area contributed by atoms with Crippen molar-refractivity contribution >= 4 is 28.2 Å². The Hall–Kier alpha value is -1.56. The lowest BCUT2D eigenvalue weighted by molar-refractivity contribution is -0.716. The van der Waals surface area contributed by atoms with Crippen LogP contribution in [0.3, 0.4) is 0 Å². The summed E-state index contributed by atoms with van der Waals surface area (Å²) in [5.74, 6) is -0.336. The van der Waals surface area contributed by atoms with E-state index in [1.807, 2.05) is 6.07 Å². The first kappa shape index (κ1) is 11.9. The second kappa shape index (κ2) is 4.37. The molecule has 0 bridgehead atoms. The molecule has 17 heavy (non-hydrogen) atoms. The van der Waals surface area contributed by atoms with E-state index in [2.05, 4.69) is 0 Å². The quantitative estimate of drug-likeness (QED) is 0.545. The molecule has 0 unspecified atom stereocenters. The summed E-state index contributed by atoms with van der Waals surface area (Å²) in [6.07, 6.45) is 1.94. The second-order valence-electron chi connectivity index (χ2n) is 3.54. The minimum Gasteiger partial charge on any atom is -0.841 e. The third-order valence-electron chi connectivity index (χ3n) is 2.51. The van der Waals surface area contributed by atoms with Crippen molar-refractivity contribution in [3.05, 3.63) is 26.2 Å². The van der Waals surface area contributed by atoms with Gasteiger partial charge in [0.1, 0.15) is 10.1 Å². The van der Waals surface area contributed by atoms with Crippen LogP contribution in [-0.2, 0) is 13.6 Å². The molecule has 2 rings (SSSR count). The van der Waals surface area contributed by atoms with E-state index >= 15 is 0 Å². The van der Waals surface area contributed by atoms with Crippen LogP contribution < -0.4 is 15.2 Å². The molecule has 0 N–H and O–H groups in total. The molecule has 0 saturated carbocycles. The summed E-state index contributed by atoms with van der Waals surface area (Å²) in [6, 6.07) is 3.68. The van der Waals surface area contributed by atoms with Crippen molar-refractivity contribution in [2.24, 2.45) is 7.05 Å². The number of hydrogen-bond donors (Lipinski definition) is 0. The summed E-state index contributed by atoms with van der Waals surface area (Å²) in [6.45, 7) is 0.291. The van der Waals surface area contributed by atoms with Crippen LogP contribution in [0.4, 0.5) is 0 Å². The zero-order valence-electron chi connectivity index (χ0n) is 9.05. The normalized spacial score (nSPS) is 10.6. The van der Waals surface area contributed by atoms with E-state index in [9.17, 15) is 9.90 Å². The molecule has 0 saturated heterocycles. The summed E-state index contributed by atoms with van der Waals surface area (Å²) < 4.78 is 4.62. The van der Waals surface area contributed by atoms with Crippen LogP contribution in [0.5, 0.6) is 5.88 Å². The predicted octanol–water partition coefficient (Wildman–Crippen LogP) is -0.483. The van der Waals surface area contributed by atoms with Crippen LogP contribution >= 0.6 is 22.6 Å². The summed E-state index contributed by atoms with van der Waals surface area (Å²) >= 11 is 1.75. The first-order valence-corrected chi connectivity index (χ1v) is 5.99. The largest absolute Gasteiger partial charge is 0.841 e. The minimum atomic E-state index is -0.336. The van der Waals surface area contributed by atoms with Crippen molar-refractivity contribution < 1.29 is 9.67 Å². The van der Waals surface area contributed by atoms with E-state index < -0.39 is 0 Å². The molecule has 2 aromatic rings. The molecule has 0 aromatic carbocycles. The Morgan fingerprint density at radius 1 is 1.65 bits per heavy atom. The number of rotatable bonds is 2. The highest BCUT2D eigenvalue weighted by Gasteiger charge is 2.19. The Bertz CT molecular complexity index is 680. The molecule has 2 heterocycles. The van der Waals surface area contributed by atoms with Gasteiger partial charge in [-0.15, -0.1) is 0 Å². The van der Waals surface area contributed by atoms with Crippen LogP contribution in [0.1, 0.15) is 6.42 Å². The third kappa shape index (κ3) is 1.78. The first-order valence-electron chi connectivity index (χ1n) is 4.91. The molecule has 0 atom stereocenters. The molecule has 0 amide bonds. The molecule has 6 nitrogen and oxygen atoms in total. The maximum absolute atomic E-state index is 11.9. The van der Waals surface area contributed by atoms with Crippen LogP contribution in [-0.4, -0.2) is 9.20 Å². The summed E-state index contributed by atoms with van der Waals surface area (Å²) in [4.78, 5) is 11.9. The average Bonchev–Trinajstić information content (AvgIpc) is 2.69. The molecule has 0 radical (unpaired) electrons. The average molecular weight is 344 g/mol. The Morgan fingerprint density at radius 3 is 3.00 bits per heavy atom. The van der Waals surface area contributed by atoms with E-state index in [0.717, 1.165) is 0 Å². The summed E-state index contributed by atoms with van der Waals surface area (Å²) in [5, 5.41) is 20.5. The van der Waals surface area contributed by atoms with Gasteiger partial charge in [0.2, 0.25) is 0 Å². The molecule has 7 heteroatoms. The molecule has 88 valence electrons. The van der Waals surface area contributed by atoms with Gasteiger partial charge in [0.05, 0.1) is 30.6 Å². The van der Waals surface area contributed by atoms with Gasteiger partial charge in [-0.1, -0.05) is 4.52 Å². The Balaban J connectivity index is 2.83. The van der Waals surface area contributed by atoms with Gasteiger partial charge in [-0.25, -0.2) is 14.0 Å². The van der Waals surface area contributed by atoms with Crippen LogP contribution in [0.2, 0.25) is 0 Å². The smallest absolute Gasteiger partial charge is 0.374 e. The number of halogens is 1. The molecular formula is C10H9IN4O2. The zero-order chi connectivity index (χ0) is 12.6. The highest BCUT2D eigenvalue weighted by atomic mass is 127. The van der Waals surface area contributed by atoms with E-state index in [1.165, 1.54) is 9.08 Å². The molecule has 0 aliphatic rings. The third-order valence-corrected chi connectivity index (χ3v) is 3.43. The lowest BCUT2D eigenvalue weighted by Crippen LogP contribution is -2.44. The van der Waals surface area contributed by atoms with Gasteiger partial charge in [-0.3, -0.25) is 0 Å². The van der Waals surface area contributed by atoms with E-state index in [-0.39, 0.29) is 21.4 Å². The maximum Gasteiger partial charge on any atom is 0.374 e. The van der Waals surface area contributed by atoms with Crippen molar-refractivity contribution in [2.45, 2.75) is 13.0 Å². The Morgan fingerprint density at radius 2 is 2.35 bits per heavy atom. The van der Waals surface area contributed by atoms with Crippen molar-refractivity contribution in [1.29, 1.82) is 5.26 Å². The summed E-state index contributed by atoms with van der Waals surface area (Å²) in [7, 11) is 1.73. The minimum absolute atomic E-state index is 0.139. The van der Waals surface area contributed by atoms with Crippen molar-refractivity contribution in [2.75, 3.05) is 0 Å². The fraction of sp³-hybridized carbons (Fsp3) is 0.300. The number of aryl methyl sites for hydroxylation is 2. The number of fused-ring (bicyclic) bond motifs is 1. The number of hydrogen-bond acceptors (Lipinski definition) is 3.